The molecule has 0 saturated carbocycles. The highest BCUT2D eigenvalue weighted by atomic mass is 32.1. The van der Waals surface area contributed by atoms with Crippen LogP contribution >= 0.6 is 11.3 Å². The zero-order valence-corrected chi connectivity index (χ0v) is 17.1. The van der Waals surface area contributed by atoms with E-state index in [2.05, 4.69) is 11.1 Å². The zero-order chi connectivity index (χ0) is 21.2. The van der Waals surface area contributed by atoms with Crippen LogP contribution in [0.5, 0.6) is 0 Å². The van der Waals surface area contributed by atoms with E-state index in [0.717, 1.165) is 27.0 Å². The molecule has 0 amide bonds. The Balaban J connectivity index is 1.66. The molecule has 0 aliphatic heterocycles. The minimum atomic E-state index is -0.310. The number of aromatic nitrogens is 3. The van der Waals surface area contributed by atoms with Gasteiger partial charge in [0.05, 0.1) is 27.2 Å². The maximum atomic E-state index is 13.5. The molecule has 2 heterocycles. The quantitative estimate of drug-likeness (QED) is 0.317. The predicted octanol–water partition coefficient (Wildman–Crippen LogP) is 6.35. The molecule has 0 spiro atoms. The summed E-state index contributed by atoms with van der Waals surface area (Å²) < 4.78 is 16.3. The SMILES string of the molecule is N#CC(=Cc1cn(-c2ccccc2)nc1-c1ccc(F)cc1)c1nc2ccccc2s1. The van der Waals surface area contributed by atoms with Crippen molar-refractivity contribution in [2.45, 2.75) is 0 Å². The van der Waals surface area contributed by atoms with Crippen LogP contribution < -0.4 is 0 Å². The van der Waals surface area contributed by atoms with Gasteiger partial charge in [0, 0.05) is 17.3 Å². The van der Waals surface area contributed by atoms with Crippen LogP contribution in [0.2, 0.25) is 0 Å². The first-order valence-corrected chi connectivity index (χ1v) is 10.4. The van der Waals surface area contributed by atoms with Gasteiger partial charge in [-0.2, -0.15) is 10.4 Å². The van der Waals surface area contributed by atoms with Gasteiger partial charge in [-0.05, 0) is 54.6 Å². The molecule has 0 bridgehead atoms. The third-order valence-electron chi connectivity index (χ3n) is 4.83. The van der Waals surface area contributed by atoms with Crippen molar-refractivity contribution < 1.29 is 4.39 Å². The van der Waals surface area contributed by atoms with Crippen LogP contribution in [0.25, 0.3) is 38.8 Å². The van der Waals surface area contributed by atoms with Gasteiger partial charge in [0.15, 0.2) is 0 Å². The molecule has 5 aromatic rings. The van der Waals surface area contributed by atoms with Gasteiger partial charge < -0.3 is 0 Å². The minimum absolute atomic E-state index is 0.310. The van der Waals surface area contributed by atoms with Crippen molar-refractivity contribution in [1.82, 2.24) is 14.8 Å². The van der Waals surface area contributed by atoms with E-state index >= 15 is 0 Å². The molecular formula is C25H15FN4S. The van der Waals surface area contributed by atoms with Gasteiger partial charge in [-0.15, -0.1) is 11.3 Å². The van der Waals surface area contributed by atoms with Crippen molar-refractivity contribution in [3.05, 3.63) is 101 Å². The third-order valence-corrected chi connectivity index (χ3v) is 5.90. The molecule has 3 aromatic carbocycles. The van der Waals surface area contributed by atoms with Crippen molar-refractivity contribution in [1.29, 1.82) is 5.26 Å². The van der Waals surface area contributed by atoms with E-state index in [9.17, 15) is 9.65 Å². The van der Waals surface area contributed by atoms with Crippen LogP contribution in [0, 0.1) is 17.1 Å². The Morgan fingerprint density at radius 2 is 1.71 bits per heavy atom. The molecule has 0 unspecified atom stereocenters. The standard InChI is InChI=1S/C25H15FN4S/c26-20-12-10-17(11-13-20)24-19(16-30(29-24)21-6-2-1-3-7-21)14-18(15-27)25-28-22-8-4-5-9-23(22)31-25/h1-14,16H. The molecule has 0 aliphatic carbocycles. The number of allylic oxidation sites excluding steroid dienone is 1. The van der Waals surface area contributed by atoms with Crippen LogP contribution in [0.4, 0.5) is 4.39 Å². The molecule has 0 saturated heterocycles. The van der Waals surface area contributed by atoms with Crippen LogP contribution in [0.3, 0.4) is 0 Å². The largest absolute Gasteiger partial charge is 0.240 e. The number of nitriles is 1. The number of rotatable bonds is 4. The van der Waals surface area contributed by atoms with Crippen LogP contribution in [0.15, 0.2) is 85.1 Å². The average molecular weight is 422 g/mol. The average Bonchev–Trinajstić information content (AvgIpc) is 3.43. The second-order valence-corrected chi connectivity index (χ2v) is 7.91. The Hall–Kier alpha value is -4.08. The molecule has 5 rings (SSSR count). The van der Waals surface area contributed by atoms with Crippen LogP contribution in [-0.2, 0) is 0 Å². The van der Waals surface area contributed by atoms with E-state index in [1.807, 2.05) is 60.8 Å². The first-order valence-electron chi connectivity index (χ1n) is 9.60. The molecule has 0 N–H and O–H groups in total. The number of hydrogen-bond donors (Lipinski definition) is 0. The summed E-state index contributed by atoms with van der Waals surface area (Å²) in [5, 5.41) is 15.2. The van der Waals surface area contributed by atoms with Crippen molar-refractivity contribution >= 4 is 33.2 Å². The summed E-state index contributed by atoms with van der Waals surface area (Å²) in [6.45, 7) is 0. The van der Waals surface area contributed by atoms with Crippen LogP contribution in [-0.4, -0.2) is 14.8 Å². The molecule has 0 atom stereocenters. The number of para-hydroxylation sites is 2. The van der Waals surface area contributed by atoms with E-state index in [1.54, 1.807) is 22.9 Å². The highest BCUT2D eigenvalue weighted by Gasteiger charge is 2.14. The smallest absolute Gasteiger partial charge is 0.135 e. The second kappa shape index (κ2) is 7.98. The lowest BCUT2D eigenvalue weighted by molar-refractivity contribution is 0.628. The van der Waals surface area contributed by atoms with Gasteiger partial charge in [-0.1, -0.05) is 30.3 Å². The lowest BCUT2D eigenvalue weighted by Crippen LogP contribution is -1.94. The molecular weight excluding hydrogens is 407 g/mol. The Morgan fingerprint density at radius 3 is 2.45 bits per heavy atom. The highest BCUT2D eigenvalue weighted by molar-refractivity contribution is 7.19. The van der Waals surface area contributed by atoms with E-state index in [-0.39, 0.29) is 5.82 Å². The number of fused-ring (bicyclic) bond motifs is 1. The Morgan fingerprint density at radius 1 is 0.968 bits per heavy atom. The van der Waals surface area contributed by atoms with E-state index in [4.69, 9.17) is 5.10 Å². The predicted molar refractivity (Wildman–Crippen MR) is 122 cm³/mol. The van der Waals surface area contributed by atoms with Gasteiger partial charge in [0.25, 0.3) is 0 Å². The molecule has 31 heavy (non-hydrogen) atoms. The van der Waals surface area contributed by atoms with E-state index < -0.39 is 0 Å². The molecule has 0 radical (unpaired) electrons. The molecule has 6 heteroatoms. The fraction of sp³-hybridized carbons (Fsp3) is 0. The second-order valence-electron chi connectivity index (χ2n) is 6.88. The fourth-order valence-corrected chi connectivity index (χ4v) is 4.25. The molecule has 148 valence electrons. The Kier molecular flexibility index (Phi) is 4.87. The van der Waals surface area contributed by atoms with Crippen molar-refractivity contribution in [3.8, 4) is 23.0 Å². The van der Waals surface area contributed by atoms with Gasteiger partial charge in [-0.25, -0.2) is 14.1 Å². The highest BCUT2D eigenvalue weighted by Crippen LogP contribution is 2.31. The summed E-state index contributed by atoms with van der Waals surface area (Å²) in [7, 11) is 0. The summed E-state index contributed by atoms with van der Waals surface area (Å²) in [6.07, 6.45) is 3.67. The first kappa shape index (κ1) is 18.9. The minimum Gasteiger partial charge on any atom is -0.240 e. The topological polar surface area (TPSA) is 54.5 Å². The number of thiazole rings is 1. The molecule has 2 aromatic heterocycles. The number of halogens is 1. The summed E-state index contributed by atoms with van der Waals surface area (Å²) in [5.74, 6) is -0.310. The summed E-state index contributed by atoms with van der Waals surface area (Å²) >= 11 is 1.48. The van der Waals surface area contributed by atoms with Gasteiger partial charge in [0.1, 0.15) is 16.9 Å². The summed E-state index contributed by atoms with van der Waals surface area (Å²) in [5.41, 5.74) is 4.40. The van der Waals surface area contributed by atoms with Gasteiger partial charge in [0.2, 0.25) is 0 Å². The number of nitrogens with zero attached hydrogens (tertiary/aromatic N) is 4. The van der Waals surface area contributed by atoms with Gasteiger partial charge in [-0.3, -0.25) is 0 Å². The van der Waals surface area contributed by atoms with Crippen molar-refractivity contribution in [2.24, 2.45) is 0 Å². The summed E-state index contributed by atoms with van der Waals surface area (Å²) in [6, 6.07) is 26.0. The van der Waals surface area contributed by atoms with Gasteiger partial charge >= 0.3 is 0 Å². The maximum absolute atomic E-state index is 13.5. The lowest BCUT2D eigenvalue weighted by Gasteiger charge is -2.00. The number of hydrogen-bond acceptors (Lipinski definition) is 4. The lowest BCUT2D eigenvalue weighted by atomic mass is 10.1. The first-order chi connectivity index (χ1) is 15.2. The maximum Gasteiger partial charge on any atom is 0.135 e. The third kappa shape index (κ3) is 3.75. The van der Waals surface area contributed by atoms with Crippen molar-refractivity contribution in [2.75, 3.05) is 0 Å². The fourth-order valence-electron chi connectivity index (χ4n) is 3.32. The number of benzene rings is 3. The van der Waals surface area contributed by atoms with Crippen molar-refractivity contribution in [3.63, 3.8) is 0 Å². The van der Waals surface area contributed by atoms with E-state index in [1.165, 1.54) is 23.5 Å². The molecule has 0 fully saturated rings. The monoisotopic (exact) mass is 422 g/mol. The molecule has 0 aliphatic rings. The molecule has 4 nitrogen and oxygen atoms in total. The van der Waals surface area contributed by atoms with Crippen LogP contribution in [0.1, 0.15) is 10.6 Å². The normalized spacial score (nSPS) is 11.5. The Labute approximate surface area is 182 Å². The Bertz CT molecular complexity index is 1410. The zero-order valence-electron chi connectivity index (χ0n) is 16.2. The summed E-state index contributed by atoms with van der Waals surface area (Å²) in [4.78, 5) is 4.61. The van der Waals surface area contributed by atoms with E-state index in [0.29, 0.717) is 16.3 Å².